The fourth-order valence-corrected chi connectivity index (χ4v) is 3.46. The Bertz CT molecular complexity index is 954. The predicted molar refractivity (Wildman–Crippen MR) is 103 cm³/mol. The van der Waals surface area contributed by atoms with Gasteiger partial charge in [0, 0.05) is 28.1 Å². The van der Waals surface area contributed by atoms with E-state index < -0.39 is 6.10 Å². The highest BCUT2D eigenvalue weighted by Gasteiger charge is 2.31. The number of fused-ring (bicyclic) bond motifs is 2. The highest BCUT2D eigenvalue weighted by molar-refractivity contribution is 7.80. The topological polar surface area (TPSA) is 78.1 Å². The van der Waals surface area contributed by atoms with Gasteiger partial charge in [0.1, 0.15) is 23.4 Å². The molecule has 9 heteroatoms. The van der Waals surface area contributed by atoms with Crippen molar-refractivity contribution in [2.75, 3.05) is 6.79 Å². The van der Waals surface area contributed by atoms with Crippen LogP contribution in [0.3, 0.4) is 0 Å². The maximum atomic E-state index is 13.7. The van der Waals surface area contributed by atoms with E-state index in [4.69, 9.17) is 43.8 Å². The summed E-state index contributed by atoms with van der Waals surface area (Å²) in [4.78, 5) is 0. The molecule has 2 aliphatic rings. The van der Waals surface area contributed by atoms with Gasteiger partial charge in [0.25, 0.3) is 0 Å². The minimum absolute atomic E-state index is 0.0177. The van der Waals surface area contributed by atoms with Gasteiger partial charge in [0.05, 0.1) is 12.3 Å². The Balaban J connectivity index is 1.78. The number of ether oxygens (including phenoxy) is 3. The second kappa shape index (κ2) is 7.30. The number of benzene rings is 2. The van der Waals surface area contributed by atoms with Gasteiger partial charge in [0.2, 0.25) is 0 Å². The van der Waals surface area contributed by atoms with Gasteiger partial charge < -0.3 is 19.9 Å². The lowest BCUT2D eigenvalue weighted by Crippen LogP contribution is -2.29. The molecule has 0 amide bonds. The molecule has 27 heavy (non-hydrogen) atoms. The van der Waals surface area contributed by atoms with Crippen molar-refractivity contribution in [3.8, 4) is 11.5 Å². The molecule has 1 unspecified atom stereocenters. The van der Waals surface area contributed by atoms with E-state index >= 15 is 0 Å². The zero-order chi connectivity index (χ0) is 19.0. The van der Waals surface area contributed by atoms with E-state index in [1.54, 1.807) is 18.2 Å². The Morgan fingerprint density at radius 3 is 3.00 bits per heavy atom. The van der Waals surface area contributed by atoms with Crippen LogP contribution < -0.4 is 20.6 Å². The van der Waals surface area contributed by atoms with Crippen LogP contribution in [-0.4, -0.2) is 17.6 Å². The lowest BCUT2D eigenvalue weighted by Gasteiger charge is -2.30. The Morgan fingerprint density at radius 1 is 1.33 bits per heavy atom. The standard InChI is InChI=1S/C18H15ClFN3O3S/c19-10-3-9-7-24-8-25-17(9)13(4-10)16-6-14(22-23-18(21)27)12-5-11(20)1-2-15(12)26-16/h1-5,16H,6-8H2,(H3,21,23,27)/b22-14-. The lowest BCUT2D eigenvalue weighted by atomic mass is 9.93. The van der Waals surface area contributed by atoms with E-state index in [0.29, 0.717) is 40.8 Å². The van der Waals surface area contributed by atoms with Gasteiger partial charge in [-0.2, -0.15) is 5.10 Å². The maximum absolute atomic E-state index is 13.7. The zero-order valence-corrected chi connectivity index (χ0v) is 15.6. The summed E-state index contributed by atoms with van der Waals surface area (Å²) >= 11 is 11.1. The molecule has 2 heterocycles. The van der Waals surface area contributed by atoms with Crippen LogP contribution in [-0.2, 0) is 11.3 Å². The Kier molecular flexibility index (Phi) is 4.86. The largest absolute Gasteiger partial charge is 0.484 e. The van der Waals surface area contributed by atoms with Gasteiger partial charge in [-0.15, -0.1) is 0 Å². The van der Waals surface area contributed by atoms with Gasteiger partial charge in [-0.25, -0.2) is 4.39 Å². The van der Waals surface area contributed by atoms with Crippen molar-refractivity contribution in [1.29, 1.82) is 0 Å². The molecule has 0 saturated carbocycles. The summed E-state index contributed by atoms with van der Waals surface area (Å²) in [5.74, 6) is 0.791. The van der Waals surface area contributed by atoms with Crippen molar-refractivity contribution in [1.82, 2.24) is 5.43 Å². The summed E-state index contributed by atoms with van der Waals surface area (Å²) in [6.45, 7) is 0.557. The molecule has 0 aromatic heterocycles. The van der Waals surface area contributed by atoms with Crippen molar-refractivity contribution in [3.63, 3.8) is 0 Å². The summed E-state index contributed by atoms with van der Waals surface area (Å²) in [5, 5.41) is 4.80. The van der Waals surface area contributed by atoms with Crippen molar-refractivity contribution < 1.29 is 18.6 Å². The number of rotatable bonds is 2. The molecular weight excluding hydrogens is 393 g/mol. The lowest BCUT2D eigenvalue weighted by molar-refractivity contribution is -0.0182. The fraction of sp³-hybridized carbons (Fsp3) is 0.222. The van der Waals surface area contributed by atoms with Crippen LogP contribution in [0, 0.1) is 5.82 Å². The summed E-state index contributed by atoms with van der Waals surface area (Å²) in [6, 6.07) is 7.85. The van der Waals surface area contributed by atoms with Crippen LogP contribution in [0.25, 0.3) is 0 Å². The SMILES string of the molecule is NC(=S)N/N=C1/CC(c2cc(Cl)cc3c2OCOC3)Oc2ccc(F)cc21. The number of nitrogens with one attached hydrogen (secondary N) is 1. The molecular formula is C18H15ClFN3O3S. The zero-order valence-electron chi connectivity index (χ0n) is 14.0. The number of hydrazone groups is 1. The van der Waals surface area contributed by atoms with Crippen LogP contribution in [0.1, 0.15) is 29.2 Å². The molecule has 0 aliphatic carbocycles. The average Bonchev–Trinajstić information content (AvgIpc) is 2.65. The van der Waals surface area contributed by atoms with Gasteiger partial charge in [0.15, 0.2) is 11.9 Å². The number of halogens is 2. The molecule has 140 valence electrons. The first-order valence-electron chi connectivity index (χ1n) is 8.12. The minimum atomic E-state index is -0.430. The van der Waals surface area contributed by atoms with Gasteiger partial charge >= 0.3 is 0 Å². The van der Waals surface area contributed by atoms with Crippen molar-refractivity contribution >= 4 is 34.6 Å². The highest BCUT2D eigenvalue weighted by atomic mass is 35.5. The molecule has 2 aliphatic heterocycles. The molecule has 3 N–H and O–H groups in total. The van der Waals surface area contributed by atoms with E-state index in [1.807, 2.05) is 0 Å². The summed E-state index contributed by atoms with van der Waals surface area (Å²) in [7, 11) is 0. The van der Waals surface area contributed by atoms with Gasteiger partial charge in [-0.1, -0.05) is 11.6 Å². The minimum Gasteiger partial charge on any atom is -0.484 e. The number of hydrogen-bond acceptors (Lipinski definition) is 5. The third-order valence-corrected chi connectivity index (χ3v) is 4.56. The Hall–Kier alpha value is -2.42. The quantitative estimate of drug-likeness (QED) is 0.586. The van der Waals surface area contributed by atoms with Crippen LogP contribution in [0.2, 0.25) is 5.02 Å². The molecule has 2 aromatic rings. The van der Waals surface area contributed by atoms with Gasteiger partial charge in [-0.05, 0) is 42.5 Å². The fourth-order valence-electron chi connectivity index (χ4n) is 3.16. The van der Waals surface area contributed by atoms with E-state index in [0.717, 1.165) is 11.1 Å². The molecule has 4 rings (SSSR count). The smallest absolute Gasteiger partial charge is 0.189 e. The number of nitrogens with zero attached hydrogens (tertiary/aromatic N) is 1. The molecule has 2 aromatic carbocycles. The first kappa shape index (κ1) is 18.0. The predicted octanol–water partition coefficient (Wildman–Crippen LogP) is 3.41. The van der Waals surface area contributed by atoms with Crippen LogP contribution in [0.4, 0.5) is 4.39 Å². The molecule has 0 saturated heterocycles. The normalized spacial score (nSPS) is 19.5. The Labute approximate surface area is 165 Å². The third kappa shape index (κ3) is 3.69. The van der Waals surface area contributed by atoms with Gasteiger partial charge in [-0.3, -0.25) is 5.43 Å². The second-order valence-corrected chi connectivity index (χ2v) is 6.96. The monoisotopic (exact) mass is 407 g/mol. The highest BCUT2D eigenvalue weighted by Crippen LogP contribution is 2.42. The van der Waals surface area contributed by atoms with Crippen molar-refractivity contribution in [2.24, 2.45) is 10.8 Å². The van der Waals surface area contributed by atoms with E-state index in [1.165, 1.54) is 12.1 Å². The third-order valence-electron chi connectivity index (χ3n) is 4.25. The van der Waals surface area contributed by atoms with Crippen LogP contribution in [0.15, 0.2) is 35.4 Å². The molecule has 0 bridgehead atoms. The first-order chi connectivity index (χ1) is 13.0. The Morgan fingerprint density at radius 2 is 2.19 bits per heavy atom. The number of nitrogens with two attached hydrogens (primary N) is 1. The van der Waals surface area contributed by atoms with Crippen LogP contribution in [0.5, 0.6) is 11.5 Å². The van der Waals surface area contributed by atoms with Crippen LogP contribution >= 0.6 is 23.8 Å². The summed E-state index contributed by atoms with van der Waals surface area (Å²) < 4.78 is 30.9. The molecule has 6 nitrogen and oxygen atoms in total. The second-order valence-electron chi connectivity index (χ2n) is 6.08. The van der Waals surface area contributed by atoms with Crippen molar-refractivity contribution in [2.45, 2.75) is 19.1 Å². The maximum Gasteiger partial charge on any atom is 0.189 e. The van der Waals surface area contributed by atoms with E-state index in [2.05, 4.69) is 10.5 Å². The van der Waals surface area contributed by atoms with E-state index in [-0.39, 0.29) is 17.7 Å². The first-order valence-corrected chi connectivity index (χ1v) is 8.91. The van der Waals surface area contributed by atoms with Crippen molar-refractivity contribution in [3.05, 3.63) is 57.9 Å². The summed E-state index contributed by atoms with van der Waals surface area (Å²) in [6.07, 6.45) is -0.0799. The number of hydrogen-bond donors (Lipinski definition) is 2. The number of thiocarbonyl (C=S) groups is 1. The molecule has 0 fully saturated rings. The average molecular weight is 408 g/mol. The molecule has 0 radical (unpaired) electrons. The molecule has 0 spiro atoms. The molecule has 1 atom stereocenters. The van der Waals surface area contributed by atoms with E-state index in [9.17, 15) is 4.39 Å². The summed E-state index contributed by atoms with van der Waals surface area (Å²) in [5.41, 5.74) is 10.8.